The molecule has 0 amide bonds. The molecule has 78 valence electrons. The quantitative estimate of drug-likeness (QED) is 0.575. The van der Waals surface area contributed by atoms with Crippen molar-refractivity contribution in [1.82, 2.24) is 4.98 Å². The summed E-state index contributed by atoms with van der Waals surface area (Å²) in [7, 11) is 0. The minimum absolute atomic E-state index is 0.104. The standard InChI is InChI=1S/C7H4ClF4NO/c8-2-4-1-6(5(9)3-13-4)14-7(10,11)12/h1,3H,2H2. The first-order chi connectivity index (χ1) is 6.42. The number of hydrogen-bond acceptors (Lipinski definition) is 2. The van der Waals surface area contributed by atoms with E-state index in [9.17, 15) is 17.6 Å². The van der Waals surface area contributed by atoms with Crippen molar-refractivity contribution in [2.45, 2.75) is 12.2 Å². The topological polar surface area (TPSA) is 22.1 Å². The third-order valence-corrected chi connectivity index (χ3v) is 1.51. The van der Waals surface area contributed by atoms with E-state index in [0.717, 1.165) is 6.07 Å². The maximum absolute atomic E-state index is 12.7. The molecule has 7 heteroatoms. The monoisotopic (exact) mass is 229 g/mol. The van der Waals surface area contributed by atoms with Crippen molar-refractivity contribution < 1.29 is 22.3 Å². The Kier molecular flexibility index (Phi) is 3.15. The molecule has 1 heterocycles. The second kappa shape index (κ2) is 4.00. The van der Waals surface area contributed by atoms with Gasteiger partial charge in [-0.1, -0.05) is 0 Å². The fraction of sp³-hybridized carbons (Fsp3) is 0.286. The van der Waals surface area contributed by atoms with E-state index in [1.165, 1.54) is 0 Å². The van der Waals surface area contributed by atoms with E-state index in [2.05, 4.69) is 9.72 Å². The summed E-state index contributed by atoms with van der Waals surface area (Å²) in [5.74, 6) is -2.23. The lowest BCUT2D eigenvalue weighted by atomic mass is 10.3. The highest BCUT2D eigenvalue weighted by Gasteiger charge is 2.32. The summed E-state index contributed by atoms with van der Waals surface area (Å²) in [5.41, 5.74) is 0.104. The van der Waals surface area contributed by atoms with Gasteiger partial charge in [0, 0.05) is 6.07 Å². The van der Waals surface area contributed by atoms with Crippen LogP contribution in [0, 0.1) is 5.82 Å². The van der Waals surface area contributed by atoms with Crippen molar-refractivity contribution in [3.05, 3.63) is 23.8 Å². The number of alkyl halides is 4. The van der Waals surface area contributed by atoms with Crippen LogP contribution in [0.4, 0.5) is 17.6 Å². The molecule has 0 N–H and O–H groups in total. The van der Waals surface area contributed by atoms with Crippen LogP contribution in [-0.2, 0) is 5.88 Å². The highest BCUT2D eigenvalue weighted by atomic mass is 35.5. The molecule has 0 radical (unpaired) electrons. The summed E-state index contributed by atoms with van der Waals surface area (Å²) >= 11 is 5.30. The van der Waals surface area contributed by atoms with Gasteiger partial charge in [0.25, 0.3) is 0 Å². The number of pyridine rings is 1. The molecule has 0 saturated heterocycles. The average Bonchev–Trinajstić information content (AvgIpc) is 2.06. The summed E-state index contributed by atoms with van der Waals surface area (Å²) in [6, 6.07) is 0.801. The van der Waals surface area contributed by atoms with Gasteiger partial charge in [0.2, 0.25) is 0 Å². The minimum atomic E-state index is -4.92. The molecule has 0 fully saturated rings. The number of aromatic nitrogens is 1. The zero-order valence-corrected chi connectivity index (χ0v) is 7.36. The number of hydrogen-bond donors (Lipinski definition) is 0. The van der Waals surface area contributed by atoms with Crippen LogP contribution in [0.15, 0.2) is 12.3 Å². The lowest BCUT2D eigenvalue weighted by molar-refractivity contribution is -0.275. The Morgan fingerprint density at radius 3 is 2.57 bits per heavy atom. The first kappa shape index (κ1) is 11.0. The van der Waals surface area contributed by atoms with E-state index >= 15 is 0 Å². The van der Waals surface area contributed by atoms with Crippen LogP contribution in [0.25, 0.3) is 0 Å². The second-order valence-electron chi connectivity index (χ2n) is 2.29. The maximum atomic E-state index is 12.7. The van der Waals surface area contributed by atoms with E-state index < -0.39 is 17.9 Å². The largest absolute Gasteiger partial charge is 0.573 e. The molecule has 0 aliphatic carbocycles. The van der Waals surface area contributed by atoms with Crippen LogP contribution in [0.2, 0.25) is 0 Å². The Labute approximate surface area is 81.5 Å². The molecule has 0 aliphatic heterocycles. The fourth-order valence-corrected chi connectivity index (χ4v) is 0.883. The van der Waals surface area contributed by atoms with Gasteiger partial charge in [0.1, 0.15) is 0 Å². The molecule has 0 atom stereocenters. The van der Waals surface area contributed by atoms with Gasteiger partial charge in [0.05, 0.1) is 17.8 Å². The molecular formula is C7H4ClF4NO. The third kappa shape index (κ3) is 3.02. The molecule has 1 aromatic rings. The van der Waals surface area contributed by atoms with Gasteiger partial charge in [-0.15, -0.1) is 24.8 Å². The predicted octanol–water partition coefficient (Wildman–Crippen LogP) is 2.86. The molecule has 0 saturated carbocycles. The van der Waals surface area contributed by atoms with Crippen molar-refractivity contribution in [1.29, 1.82) is 0 Å². The SMILES string of the molecule is Fc1cnc(CCl)cc1OC(F)(F)F. The highest BCUT2D eigenvalue weighted by Crippen LogP contribution is 2.25. The summed E-state index contributed by atoms with van der Waals surface area (Å²) in [6.45, 7) is 0. The number of rotatable bonds is 2. The van der Waals surface area contributed by atoms with E-state index in [1.807, 2.05) is 0 Å². The van der Waals surface area contributed by atoms with Gasteiger partial charge in [-0.2, -0.15) is 0 Å². The Morgan fingerprint density at radius 2 is 2.07 bits per heavy atom. The number of nitrogens with zero attached hydrogens (tertiary/aromatic N) is 1. The molecular weight excluding hydrogens is 226 g/mol. The molecule has 2 nitrogen and oxygen atoms in total. The molecule has 14 heavy (non-hydrogen) atoms. The Balaban J connectivity index is 2.95. The summed E-state index contributed by atoms with van der Waals surface area (Å²) in [4.78, 5) is 3.43. The molecule has 0 aliphatic rings. The van der Waals surface area contributed by atoms with Crippen molar-refractivity contribution in [3.63, 3.8) is 0 Å². The first-order valence-corrected chi connectivity index (χ1v) is 3.92. The van der Waals surface area contributed by atoms with E-state index in [0.29, 0.717) is 6.20 Å². The Bertz CT molecular complexity index is 328. The van der Waals surface area contributed by atoms with Crippen molar-refractivity contribution >= 4 is 11.6 Å². The van der Waals surface area contributed by atoms with Gasteiger partial charge in [-0.25, -0.2) is 4.39 Å². The summed E-state index contributed by atoms with van der Waals surface area (Å²) in [5, 5.41) is 0. The van der Waals surface area contributed by atoms with Crippen molar-refractivity contribution in [3.8, 4) is 5.75 Å². The van der Waals surface area contributed by atoms with E-state index in [4.69, 9.17) is 11.6 Å². The number of ether oxygens (including phenoxy) is 1. The van der Waals surface area contributed by atoms with Gasteiger partial charge in [-0.3, -0.25) is 4.98 Å². The van der Waals surface area contributed by atoms with Gasteiger partial charge in [-0.05, 0) is 0 Å². The molecule has 0 unspecified atom stereocenters. The van der Waals surface area contributed by atoms with Crippen LogP contribution in [0.3, 0.4) is 0 Å². The summed E-state index contributed by atoms with van der Waals surface area (Å²) in [6.07, 6.45) is -4.30. The first-order valence-electron chi connectivity index (χ1n) is 3.38. The highest BCUT2D eigenvalue weighted by molar-refractivity contribution is 6.16. The molecule has 0 spiro atoms. The molecule has 1 aromatic heterocycles. The van der Waals surface area contributed by atoms with Crippen LogP contribution < -0.4 is 4.74 Å². The van der Waals surface area contributed by atoms with Crippen molar-refractivity contribution in [2.75, 3.05) is 0 Å². The maximum Gasteiger partial charge on any atom is 0.573 e. The van der Waals surface area contributed by atoms with Gasteiger partial charge in [0.15, 0.2) is 11.6 Å². The van der Waals surface area contributed by atoms with E-state index in [-0.39, 0.29) is 11.6 Å². The van der Waals surface area contributed by atoms with Gasteiger partial charge >= 0.3 is 6.36 Å². The van der Waals surface area contributed by atoms with Crippen LogP contribution in [-0.4, -0.2) is 11.3 Å². The summed E-state index contributed by atoms with van der Waals surface area (Å²) < 4.78 is 51.3. The van der Waals surface area contributed by atoms with Crippen LogP contribution in [0.5, 0.6) is 5.75 Å². The normalized spacial score (nSPS) is 11.5. The van der Waals surface area contributed by atoms with E-state index in [1.54, 1.807) is 0 Å². The lowest BCUT2D eigenvalue weighted by Crippen LogP contribution is -2.18. The molecule has 0 bridgehead atoms. The third-order valence-electron chi connectivity index (χ3n) is 1.24. The lowest BCUT2D eigenvalue weighted by Gasteiger charge is -2.09. The minimum Gasteiger partial charge on any atom is -0.403 e. The fourth-order valence-electron chi connectivity index (χ4n) is 0.737. The molecule has 0 aromatic carbocycles. The number of halogens is 5. The van der Waals surface area contributed by atoms with Crippen LogP contribution in [0.1, 0.15) is 5.69 Å². The smallest absolute Gasteiger partial charge is 0.403 e. The second-order valence-corrected chi connectivity index (χ2v) is 2.55. The van der Waals surface area contributed by atoms with Crippen molar-refractivity contribution in [2.24, 2.45) is 0 Å². The zero-order chi connectivity index (χ0) is 10.8. The average molecular weight is 230 g/mol. The Hall–Kier alpha value is -1.04. The van der Waals surface area contributed by atoms with Crippen LogP contribution >= 0.6 is 11.6 Å². The Morgan fingerprint density at radius 1 is 1.43 bits per heavy atom. The molecule has 1 rings (SSSR count). The zero-order valence-electron chi connectivity index (χ0n) is 6.61. The predicted molar refractivity (Wildman–Crippen MR) is 40.4 cm³/mol. The van der Waals surface area contributed by atoms with Gasteiger partial charge < -0.3 is 4.74 Å².